The van der Waals surface area contributed by atoms with Crippen LogP contribution in [0.3, 0.4) is 0 Å². The number of amides is 1. The topological polar surface area (TPSA) is 64.3 Å². The standard InChI is InChI=1S/C13H20N2O2/c1-5-17-11-7-6-10(8-9(11)2)13(3,4)12(16)15-14/h6-8H,5,14H2,1-4H3,(H,15,16). The molecule has 17 heavy (non-hydrogen) atoms. The third kappa shape index (κ3) is 2.77. The molecular formula is C13H20N2O2. The molecule has 0 aliphatic heterocycles. The van der Waals surface area contributed by atoms with Gasteiger partial charge in [-0.25, -0.2) is 5.84 Å². The Bertz CT molecular complexity index is 414. The van der Waals surface area contributed by atoms with Gasteiger partial charge in [0.25, 0.3) is 0 Å². The molecule has 0 spiro atoms. The summed E-state index contributed by atoms with van der Waals surface area (Å²) in [5, 5.41) is 0. The molecule has 0 saturated heterocycles. The minimum atomic E-state index is -0.649. The number of hydrogen-bond donors (Lipinski definition) is 2. The monoisotopic (exact) mass is 236 g/mol. The molecule has 0 aliphatic carbocycles. The zero-order valence-electron chi connectivity index (χ0n) is 10.8. The van der Waals surface area contributed by atoms with Gasteiger partial charge in [-0.05, 0) is 44.9 Å². The highest BCUT2D eigenvalue weighted by molar-refractivity contribution is 5.86. The zero-order chi connectivity index (χ0) is 13.1. The van der Waals surface area contributed by atoms with Crippen molar-refractivity contribution in [3.05, 3.63) is 29.3 Å². The molecule has 3 N–H and O–H groups in total. The maximum atomic E-state index is 11.7. The van der Waals surface area contributed by atoms with E-state index >= 15 is 0 Å². The number of hydrogen-bond acceptors (Lipinski definition) is 3. The summed E-state index contributed by atoms with van der Waals surface area (Å²) < 4.78 is 5.47. The number of nitrogens with one attached hydrogen (secondary N) is 1. The van der Waals surface area contributed by atoms with Gasteiger partial charge < -0.3 is 4.74 Å². The molecule has 1 rings (SSSR count). The van der Waals surface area contributed by atoms with Crippen LogP contribution in [0.2, 0.25) is 0 Å². The van der Waals surface area contributed by atoms with Crippen LogP contribution in [0.4, 0.5) is 0 Å². The van der Waals surface area contributed by atoms with E-state index < -0.39 is 5.41 Å². The molecule has 0 unspecified atom stereocenters. The van der Waals surface area contributed by atoms with Gasteiger partial charge in [-0.15, -0.1) is 0 Å². The Morgan fingerprint density at radius 2 is 2.12 bits per heavy atom. The lowest BCUT2D eigenvalue weighted by Crippen LogP contribution is -2.43. The molecule has 94 valence electrons. The lowest BCUT2D eigenvalue weighted by molar-refractivity contribution is -0.125. The first-order valence-corrected chi connectivity index (χ1v) is 5.68. The van der Waals surface area contributed by atoms with Gasteiger partial charge in [0.1, 0.15) is 5.75 Å². The summed E-state index contributed by atoms with van der Waals surface area (Å²) in [6.45, 7) is 8.21. The summed E-state index contributed by atoms with van der Waals surface area (Å²) in [5.74, 6) is 5.83. The van der Waals surface area contributed by atoms with Gasteiger partial charge in [-0.3, -0.25) is 10.2 Å². The summed E-state index contributed by atoms with van der Waals surface area (Å²) >= 11 is 0. The summed E-state index contributed by atoms with van der Waals surface area (Å²) in [6, 6.07) is 5.74. The van der Waals surface area contributed by atoms with Crippen molar-refractivity contribution in [1.29, 1.82) is 0 Å². The first-order valence-electron chi connectivity index (χ1n) is 5.68. The number of hydrazine groups is 1. The second-order valence-corrected chi connectivity index (χ2v) is 4.51. The molecule has 0 aromatic heterocycles. The van der Waals surface area contributed by atoms with Crippen molar-refractivity contribution in [3.63, 3.8) is 0 Å². The van der Waals surface area contributed by atoms with E-state index in [-0.39, 0.29) is 5.91 Å². The quantitative estimate of drug-likeness (QED) is 0.475. The molecule has 1 amide bonds. The molecule has 1 aromatic carbocycles. The number of rotatable bonds is 4. The Hall–Kier alpha value is -1.55. The second-order valence-electron chi connectivity index (χ2n) is 4.51. The molecule has 0 aliphatic rings. The minimum absolute atomic E-state index is 0.207. The molecule has 0 fully saturated rings. The summed E-state index contributed by atoms with van der Waals surface area (Å²) in [5.41, 5.74) is 3.48. The van der Waals surface area contributed by atoms with Crippen molar-refractivity contribution in [1.82, 2.24) is 5.43 Å². The largest absolute Gasteiger partial charge is 0.494 e. The van der Waals surface area contributed by atoms with E-state index in [4.69, 9.17) is 10.6 Å². The van der Waals surface area contributed by atoms with E-state index in [0.717, 1.165) is 16.9 Å². The number of carbonyl (C=O) groups is 1. The van der Waals surface area contributed by atoms with E-state index in [1.807, 2.05) is 45.9 Å². The van der Waals surface area contributed by atoms with Crippen LogP contribution in [0.5, 0.6) is 5.75 Å². The van der Waals surface area contributed by atoms with Gasteiger partial charge in [-0.1, -0.05) is 12.1 Å². The highest BCUT2D eigenvalue weighted by Crippen LogP contribution is 2.28. The van der Waals surface area contributed by atoms with Gasteiger partial charge in [0, 0.05) is 0 Å². The molecular weight excluding hydrogens is 216 g/mol. The van der Waals surface area contributed by atoms with Gasteiger partial charge in [0.2, 0.25) is 5.91 Å². The van der Waals surface area contributed by atoms with E-state index in [0.29, 0.717) is 6.61 Å². The number of aryl methyl sites for hydroxylation is 1. The minimum Gasteiger partial charge on any atom is -0.494 e. The molecule has 4 heteroatoms. The van der Waals surface area contributed by atoms with Crippen LogP contribution < -0.4 is 16.0 Å². The van der Waals surface area contributed by atoms with Crippen LogP contribution in [0.25, 0.3) is 0 Å². The average Bonchev–Trinajstić information content (AvgIpc) is 2.30. The molecule has 0 saturated carbocycles. The fraction of sp³-hybridized carbons (Fsp3) is 0.462. The molecule has 0 bridgehead atoms. The van der Waals surface area contributed by atoms with Crippen molar-refractivity contribution in [3.8, 4) is 5.75 Å². The van der Waals surface area contributed by atoms with Crippen molar-refractivity contribution in [2.45, 2.75) is 33.1 Å². The first-order chi connectivity index (χ1) is 7.93. The molecule has 0 heterocycles. The molecule has 0 radical (unpaired) electrons. The van der Waals surface area contributed by atoms with Crippen molar-refractivity contribution >= 4 is 5.91 Å². The van der Waals surface area contributed by atoms with Crippen LogP contribution in [0, 0.1) is 6.92 Å². The third-order valence-corrected chi connectivity index (χ3v) is 2.90. The Labute approximate surface area is 102 Å². The Morgan fingerprint density at radius 1 is 1.47 bits per heavy atom. The van der Waals surface area contributed by atoms with E-state index in [2.05, 4.69) is 5.43 Å². The zero-order valence-corrected chi connectivity index (χ0v) is 10.8. The van der Waals surface area contributed by atoms with Gasteiger partial charge >= 0.3 is 0 Å². The van der Waals surface area contributed by atoms with Crippen molar-refractivity contribution < 1.29 is 9.53 Å². The third-order valence-electron chi connectivity index (χ3n) is 2.90. The van der Waals surface area contributed by atoms with Crippen LogP contribution >= 0.6 is 0 Å². The SMILES string of the molecule is CCOc1ccc(C(C)(C)C(=O)NN)cc1C. The lowest BCUT2D eigenvalue weighted by atomic mass is 9.83. The van der Waals surface area contributed by atoms with Gasteiger partial charge in [0.15, 0.2) is 0 Å². The first kappa shape index (κ1) is 13.5. The van der Waals surface area contributed by atoms with Gasteiger partial charge in [0.05, 0.1) is 12.0 Å². The predicted octanol–water partition coefficient (Wildman–Crippen LogP) is 1.66. The average molecular weight is 236 g/mol. The van der Waals surface area contributed by atoms with Gasteiger partial charge in [-0.2, -0.15) is 0 Å². The fourth-order valence-electron chi connectivity index (χ4n) is 1.67. The smallest absolute Gasteiger partial charge is 0.243 e. The maximum absolute atomic E-state index is 11.7. The van der Waals surface area contributed by atoms with Crippen molar-refractivity contribution in [2.75, 3.05) is 6.61 Å². The Morgan fingerprint density at radius 3 is 2.59 bits per heavy atom. The highest BCUT2D eigenvalue weighted by Gasteiger charge is 2.29. The Balaban J connectivity index is 3.08. The summed E-state index contributed by atoms with van der Waals surface area (Å²) in [6.07, 6.45) is 0. The molecule has 4 nitrogen and oxygen atoms in total. The van der Waals surface area contributed by atoms with Crippen LogP contribution in [-0.2, 0) is 10.2 Å². The summed E-state index contributed by atoms with van der Waals surface area (Å²) in [7, 11) is 0. The second kappa shape index (κ2) is 5.19. The number of nitrogens with two attached hydrogens (primary N) is 1. The van der Waals surface area contributed by atoms with Crippen LogP contribution in [-0.4, -0.2) is 12.5 Å². The fourth-order valence-corrected chi connectivity index (χ4v) is 1.67. The van der Waals surface area contributed by atoms with Crippen molar-refractivity contribution in [2.24, 2.45) is 5.84 Å². The number of carbonyl (C=O) groups excluding carboxylic acids is 1. The number of benzene rings is 1. The molecule has 1 aromatic rings. The Kier molecular flexibility index (Phi) is 4.12. The van der Waals surface area contributed by atoms with E-state index in [1.165, 1.54) is 0 Å². The lowest BCUT2D eigenvalue weighted by Gasteiger charge is -2.23. The maximum Gasteiger partial charge on any atom is 0.243 e. The normalized spacial score (nSPS) is 11.1. The predicted molar refractivity (Wildman–Crippen MR) is 67.7 cm³/mol. The van der Waals surface area contributed by atoms with E-state index in [9.17, 15) is 4.79 Å². The van der Waals surface area contributed by atoms with Crippen LogP contribution in [0.15, 0.2) is 18.2 Å². The van der Waals surface area contributed by atoms with E-state index in [1.54, 1.807) is 0 Å². The summed E-state index contributed by atoms with van der Waals surface area (Å²) in [4.78, 5) is 11.7. The van der Waals surface area contributed by atoms with Crippen LogP contribution in [0.1, 0.15) is 31.9 Å². The highest BCUT2D eigenvalue weighted by atomic mass is 16.5. The number of ether oxygens (including phenoxy) is 1. The molecule has 0 atom stereocenters.